The highest BCUT2D eigenvalue weighted by molar-refractivity contribution is 7.91. The molecule has 2 fully saturated rings. The fraction of sp³-hybridized carbons (Fsp3) is 0.867. The number of carbonyl (C=O) groups is 2. The van der Waals surface area contributed by atoms with Gasteiger partial charge in [0.15, 0.2) is 9.84 Å². The van der Waals surface area contributed by atoms with Gasteiger partial charge in [0.05, 0.1) is 24.7 Å². The van der Waals surface area contributed by atoms with Crippen molar-refractivity contribution in [2.75, 3.05) is 50.9 Å². The van der Waals surface area contributed by atoms with E-state index in [1.807, 2.05) is 0 Å². The van der Waals surface area contributed by atoms with Crippen LogP contribution in [0.2, 0.25) is 0 Å². The summed E-state index contributed by atoms with van der Waals surface area (Å²) in [6.07, 6.45) is 0.406. The smallest absolute Gasteiger partial charge is 0.235 e. The van der Waals surface area contributed by atoms with Gasteiger partial charge in [0.1, 0.15) is 5.41 Å². The summed E-state index contributed by atoms with van der Waals surface area (Å²) in [4.78, 5) is 26.9. The van der Waals surface area contributed by atoms with E-state index in [9.17, 15) is 18.0 Å². The Bertz CT molecular complexity index is 570. The molecular formula is C15H27N3O5S. The van der Waals surface area contributed by atoms with Gasteiger partial charge < -0.3 is 15.4 Å². The normalized spacial score (nSPS) is 24.5. The van der Waals surface area contributed by atoms with Crippen molar-refractivity contribution in [3.05, 3.63) is 0 Å². The maximum Gasteiger partial charge on any atom is 0.235 e. The van der Waals surface area contributed by atoms with Crippen molar-refractivity contribution in [3.63, 3.8) is 0 Å². The Labute approximate surface area is 143 Å². The zero-order valence-corrected chi connectivity index (χ0v) is 15.2. The van der Waals surface area contributed by atoms with Crippen molar-refractivity contribution in [1.82, 2.24) is 15.5 Å². The van der Waals surface area contributed by atoms with E-state index in [0.717, 1.165) is 13.1 Å². The number of carbonyl (C=O) groups excluding carboxylic acids is 2. The highest BCUT2D eigenvalue weighted by atomic mass is 32.2. The molecule has 138 valence electrons. The molecule has 0 aromatic rings. The minimum absolute atomic E-state index is 0.0481. The van der Waals surface area contributed by atoms with E-state index in [4.69, 9.17) is 4.74 Å². The predicted molar refractivity (Wildman–Crippen MR) is 89.3 cm³/mol. The van der Waals surface area contributed by atoms with E-state index in [1.165, 1.54) is 0 Å². The summed E-state index contributed by atoms with van der Waals surface area (Å²) >= 11 is 0. The van der Waals surface area contributed by atoms with Crippen LogP contribution in [-0.4, -0.2) is 82.1 Å². The van der Waals surface area contributed by atoms with Gasteiger partial charge in [-0.05, 0) is 20.3 Å². The lowest BCUT2D eigenvalue weighted by Gasteiger charge is -2.28. The van der Waals surface area contributed by atoms with Crippen LogP contribution in [0, 0.1) is 5.41 Å². The largest absolute Gasteiger partial charge is 0.379 e. The highest BCUT2D eigenvalue weighted by Crippen LogP contribution is 2.18. The lowest BCUT2D eigenvalue weighted by Crippen LogP contribution is -2.52. The summed E-state index contributed by atoms with van der Waals surface area (Å²) in [6, 6.07) is -0.400. The SMILES string of the molecule is CC(C)(C(=O)NCCN1CCOCC1)C(=O)NC1CCS(=O)(=O)C1. The Hall–Kier alpha value is -1.19. The van der Waals surface area contributed by atoms with Gasteiger partial charge in [-0.25, -0.2) is 8.42 Å². The summed E-state index contributed by atoms with van der Waals surface area (Å²) in [6.45, 7) is 7.37. The van der Waals surface area contributed by atoms with Crippen LogP contribution in [0.5, 0.6) is 0 Å². The molecule has 2 aliphatic heterocycles. The molecule has 1 unspecified atom stereocenters. The first-order valence-electron chi connectivity index (χ1n) is 8.30. The van der Waals surface area contributed by atoms with Crippen LogP contribution in [0.25, 0.3) is 0 Å². The standard InChI is InChI=1S/C15H27N3O5S/c1-15(2,14(20)17-12-3-10-24(21,22)11-12)13(19)16-4-5-18-6-8-23-9-7-18/h12H,3-11H2,1-2H3,(H,16,19)(H,17,20). The second kappa shape index (κ2) is 7.79. The fourth-order valence-corrected chi connectivity index (χ4v) is 4.42. The highest BCUT2D eigenvalue weighted by Gasteiger charge is 2.38. The molecule has 2 N–H and O–H groups in total. The van der Waals surface area contributed by atoms with Crippen LogP contribution >= 0.6 is 0 Å². The molecule has 2 amide bonds. The topological polar surface area (TPSA) is 105 Å². The molecule has 2 rings (SSSR count). The number of nitrogens with zero attached hydrogens (tertiary/aromatic N) is 1. The minimum atomic E-state index is -3.06. The molecule has 0 spiro atoms. The van der Waals surface area contributed by atoms with E-state index in [1.54, 1.807) is 13.8 Å². The Morgan fingerprint density at radius 3 is 2.46 bits per heavy atom. The Kier molecular flexibility index (Phi) is 6.22. The molecule has 0 aromatic heterocycles. The van der Waals surface area contributed by atoms with Gasteiger partial charge in [0.25, 0.3) is 0 Å². The number of rotatable bonds is 6. The van der Waals surface area contributed by atoms with Crippen molar-refractivity contribution in [2.24, 2.45) is 5.41 Å². The van der Waals surface area contributed by atoms with Crippen molar-refractivity contribution in [2.45, 2.75) is 26.3 Å². The summed E-state index contributed by atoms with van der Waals surface area (Å²) in [5, 5.41) is 5.48. The van der Waals surface area contributed by atoms with Gasteiger partial charge in [-0.3, -0.25) is 14.5 Å². The number of ether oxygens (including phenoxy) is 1. The lowest BCUT2D eigenvalue weighted by atomic mass is 9.90. The minimum Gasteiger partial charge on any atom is -0.379 e. The first kappa shape index (κ1) is 19.1. The first-order valence-corrected chi connectivity index (χ1v) is 10.1. The van der Waals surface area contributed by atoms with Crippen molar-refractivity contribution >= 4 is 21.7 Å². The molecule has 8 nitrogen and oxygen atoms in total. The number of morpholine rings is 1. The van der Waals surface area contributed by atoms with Crippen LogP contribution in [0.1, 0.15) is 20.3 Å². The predicted octanol–water partition coefficient (Wildman–Crippen LogP) is -1.24. The van der Waals surface area contributed by atoms with Crippen LogP contribution in [-0.2, 0) is 24.2 Å². The maximum atomic E-state index is 12.3. The Balaban J connectivity index is 1.77. The van der Waals surface area contributed by atoms with E-state index < -0.39 is 27.2 Å². The average molecular weight is 361 g/mol. The Morgan fingerprint density at radius 1 is 1.21 bits per heavy atom. The third-order valence-electron chi connectivity index (χ3n) is 4.52. The molecule has 9 heteroatoms. The molecule has 2 heterocycles. The maximum absolute atomic E-state index is 12.3. The quantitative estimate of drug-likeness (QED) is 0.574. The van der Waals surface area contributed by atoms with Gasteiger partial charge in [-0.15, -0.1) is 0 Å². The monoisotopic (exact) mass is 361 g/mol. The molecule has 2 saturated heterocycles. The molecule has 0 saturated carbocycles. The first-order chi connectivity index (χ1) is 11.2. The van der Waals surface area contributed by atoms with Gasteiger partial charge in [0, 0.05) is 32.2 Å². The second-order valence-corrected chi connectivity index (χ2v) is 9.14. The van der Waals surface area contributed by atoms with Crippen molar-refractivity contribution in [3.8, 4) is 0 Å². The summed E-state index contributed by atoms with van der Waals surface area (Å²) in [7, 11) is -3.06. The number of amides is 2. The molecule has 24 heavy (non-hydrogen) atoms. The van der Waals surface area contributed by atoms with Gasteiger partial charge in [0.2, 0.25) is 11.8 Å². The van der Waals surface area contributed by atoms with E-state index in [-0.39, 0.29) is 17.4 Å². The van der Waals surface area contributed by atoms with Crippen LogP contribution in [0.4, 0.5) is 0 Å². The average Bonchev–Trinajstić information content (AvgIpc) is 2.87. The molecule has 0 aromatic carbocycles. The van der Waals surface area contributed by atoms with Crippen LogP contribution < -0.4 is 10.6 Å². The van der Waals surface area contributed by atoms with Crippen molar-refractivity contribution < 1.29 is 22.7 Å². The summed E-state index contributed by atoms with van der Waals surface area (Å²) < 4.78 is 28.2. The zero-order valence-electron chi connectivity index (χ0n) is 14.3. The zero-order chi connectivity index (χ0) is 17.8. The van der Waals surface area contributed by atoms with E-state index >= 15 is 0 Å². The van der Waals surface area contributed by atoms with Crippen molar-refractivity contribution in [1.29, 1.82) is 0 Å². The van der Waals surface area contributed by atoms with E-state index in [2.05, 4.69) is 15.5 Å². The number of hydrogen-bond acceptors (Lipinski definition) is 6. The molecule has 0 bridgehead atoms. The van der Waals surface area contributed by atoms with E-state index in [0.29, 0.717) is 32.7 Å². The number of nitrogens with one attached hydrogen (secondary N) is 2. The number of sulfone groups is 1. The van der Waals surface area contributed by atoms with Gasteiger partial charge in [-0.2, -0.15) is 0 Å². The third-order valence-corrected chi connectivity index (χ3v) is 6.29. The van der Waals surface area contributed by atoms with Gasteiger partial charge >= 0.3 is 0 Å². The fourth-order valence-electron chi connectivity index (χ4n) is 2.75. The Morgan fingerprint density at radius 2 is 1.88 bits per heavy atom. The lowest BCUT2D eigenvalue weighted by molar-refractivity contribution is -0.141. The molecule has 0 radical (unpaired) electrons. The summed E-state index contributed by atoms with van der Waals surface area (Å²) in [5.74, 6) is -0.750. The summed E-state index contributed by atoms with van der Waals surface area (Å²) in [5.41, 5.74) is -1.24. The van der Waals surface area contributed by atoms with Crippen LogP contribution in [0.3, 0.4) is 0 Å². The molecular weight excluding hydrogens is 334 g/mol. The third kappa shape index (κ3) is 5.15. The number of hydrogen-bond donors (Lipinski definition) is 2. The van der Waals surface area contributed by atoms with Crippen LogP contribution in [0.15, 0.2) is 0 Å². The molecule has 0 aliphatic carbocycles. The second-order valence-electron chi connectivity index (χ2n) is 6.91. The molecule has 2 aliphatic rings. The molecule has 1 atom stereocenters. The van der Waals surface area contributed by atoms with Gasteiger partial charge in [-0.1, -0.05) is 0 Å².